The Morgan fingerprint density at radius 2 is 1.93 bits per heavy atom. The Morgan fingerprint density at radius 3 is 2.67 bits per heavy atom. The molecule has 0 aromatic carbocycles. The predicted molar refractivity (Wildman–Crippen MR) is 104 cm³/mol. The fourth-order valence-corrected chi connectivity index (χ4v) is 4.53. The van der Waals surface area contributed by atoms with E-state index in [9.17, 15) is 4.79 Å². The Hall–Kier alpha value is -2.21. The summed E-state index contributed by atoms with van der Waals surface area (Å²) in [6, 6.07) is 6.07. The van der Waals surface area contributed by atoms with Gasteiger partial charge in [0.15, 0.2) is 0 Å². The Labute approximate surface area is 161 Å². The van der Waals surface area contributed by atoms with Gasteiger partial charge in [-0.15, -0.1) is 0 Å². The number of amides is 1. The van der Waals surface area contributed by atoms with Gasteiger partial charge < -0.3 is 4.90 Å². The number of carbonyl (C=O) groups excluding carboxylic acids is 1. The van der Waals surface area contributed by atoms with Gasteiger partial charge in [0.05, 0.1) is 0 Å². The molecule has 2 aromatic rings. The normalized spacial score (nSPS) is 21.6. The number of piperidine rings is 1. The fraction of sp³-hybridized carbons (Fsp3) is 0.571. The van der Waals surface area contributed by atoms with Gasteiger partial charge >= 0.3 is 0 Å². The minimum atomic E-state index is 0.280. The van der Waals surface area contributed by atoms with Crippen LogP contribution in [0.4, 0.5) is 0 Å². The van der Waals surface area contributed by atoms with E-state index in [0.717, 1.165) is 38.6 Å². The number of aryl methyl sites for hydroxylation is 1. The van der Waals surface area contributed by atoms with Crippen molar-refractivity contribution < 1.29 is 4.79 Å². The van der Waals surface area contributed by atoms with Gasteiger partial charge in [0.2, 0.25) is 5.91 Å². The molecule has 0 aliphatic carbocycles. The Kier molecular flexibility index (Phi) is 5.82. The molecular weight excluding hydrogens is 338 g/mol. The molecule has 0 bridgehead atoms. The zero-order valence-corrected chi connectivity index (χ0v) is 15.9. The molecule has 1 amide bonds. The molecular formula is C21H29N5O. The topological polar surface area (TPSA) is 54.3 Å². The van der Waals surface area contributed by atoms with E-state index in [1.165, 1.54) is 24.8 Å². The van der Waals surface area contributed by atoms with Crippen LogP contribution in [0.2, 0.25) is 0 Å². The minimum absolute atomic E-state index is 0.280. The standard InChI is InChI=1S/C21H29N5O/c27-21(7-14-26-10-2-9-23-26)25-13-6-20(17-25)19-4-11-24(12-5-19)16-18-3-1-8-22-15-18/h1-3,8-10,15,19-20H,4-7,11-14,16-17H2. The number of carbonyl (C=O) groups is 1. The molecule has 2 aromatic heterocycles. The lowest BCUT2D eigenvalue weighted by molar-refractivity contribution is -0.130. The molecule has 6 nitrogen and oxygen atoms in total. The van der Waals surface area contributed by atoms with Crippen LogP contribution in [0.1, 0.15) is 31.2 Å². The molecule has 4 heterocycles. The van der Waals surface area contributed by atoms with Gasteiger partial charge in [-0.1, -0.05) is 6.07 Å². The molecule has 1 unspecified atom stereocenters. The van der Waals surface area contributed by atoms with Crippen LogP contribution in [0.15, 0.2) is 43.0 Å². The van der Waals surface area contributed by atoms with Crippen LogP contribution >= 0.6 is 0 Å². The summed E-state index contributed by atoms with van der Waals surface area (Å²) in [4.78, 5) is 21.3. The summed E-state index contributed by atoms with van der Waals surface area (Å²) < 4.78 is 1.84. The van der Waals surface area contributed by atoms with Crippen LogP contribution < -0.4 is 0 Å². The number of likely N-dealkylation sites (tertiary alicyclic amines) is 2. The summed E-state index contributed by atoms with van der Waals surface area (Å²) in [5, 5.41) is 4.18. The monoisotopic (exact) mass is 367 g/mol. The zero-order valence-electron chi connectivity index (χ0n) is 15.9. The third kappa shape index (κ3) is 4.75. The highest BCUT2D eigenvalue weighted by atomic mass is 16.2. The van der Waals surface area contributed by atoms with Crippen molar-refractivity contribution in [1.82, 2.24) is 24.6 Å². The summed E-state index contributed by atoms with van der Waals surface area (Å²) >= 11 is 0. The van der Waals surface area contributed by atoms with Crippen molar-refractivity contribution in [2.45, 2.75) is 38.8 Å². The van der Waals surface area contributed by atoms with Crippen LogP contribution in [0.25, 0.3) is 0 Å². The maximum absolute atomic E-state index is 12.5. The first kappa shape index (κ1) is 18.2. The van der Waals surface area contributed by atoms with E-state index in [1.54, 1.807) is 6.20 Å². The molecule has 27 heavy (non-hydrogen) atoms. The molecule has 2 fully saturated rings. The summed E-state index contributed by atoms with van der Waals surface area (Å²) in [6.07, 6.45) is 11.7. The Balaban J connectivity index is 1.20. The number of hydrogen-bond donors (Lipinski definition) is 0. The van der Waals surface area contributed by atoms with E-state index >= 15 is 0 Å². The van der Waals surface area contributed by atoms with Crippen molar-refractivity contribution >= 4 is 5.91 Å². The van der Waals surface area contributed by atoms with Crippen molar-refractivity contribution in [2.24, 2.45) is 11.8 Å². The maximum atomic E-state index is 12.5. The predicted octanol–water partition coefficient (Wildman–Crippen LogP) is 2.43. The largest absolute Gasteiger partial charge is 0.342 e. The first-order valence-electron chi connectivity index (χ1n) is 10.1. The van der Waals surface area contributed by atoms with Crippen LogP contribution in [0, 0.1) is 11.8 Å². The van der Waals surface area contributed by atoms with Crippen LogP contribution in [0.3, 0.4) is 0 Å². The van der Waals surface area contributed by atoms with E-state index in [0.29, 0.717) is 18.9 Å². The average Bonchev–Trinajstić information content (AvgIpc) is 3.40. The van der Waals surface area contributed by atoms with Crippen molar-refractivity contribution in [1.29, 1.82) is 0 Å². The Bertz CT molecular complexity index is 709. The second-order valence-corrected chi connectivity index (χ2v) is 7.88. The van der Waals surface area contributed by atoms with Crippen LogP contribution in [-0.2, 0) is 17.9 Å². The van der Waals surface area contributed by atoms with Crippen molar-refractivity contribution in [3.8, 4) is 0 Å². The van der Waals surface area contributed by atoms with E-state index in [2.05, 4.69) is 25.9 Å². The molecule has 0 radical (unpaired) electrons. The van der Waals surface area contributed by atoms with E-state index in [4.69, 9.17) is 0 Å². The lowest BCUT2D eigenvalue weighted by atomic mass is 9.83. The summed E-state index contributed by atoms with van der Waals surface area (Å²) in [6.45, 7) is 5.87. The van der Waals surface area contributed by atoms with E-state index < -0.39 is 0 Å². The maximum Gasteiger partial charge on any atom is 0.224 e. The van der Waals surface area contributed by atoms with Crippen LogP contribution in [0.5, 0.6) is 0 Å². The number of hydrogen-bond acceptors (Lipinski definition) is 4. The van der Waals surface area contributed by atoms with Gasteiger partial charge in [0.1, 0.15) is 0 Å². The molecule has 6 heteroatoms. The first-order valence-corrected chi connectivity index (χ1v) is 10.1. The van der Waals surface area contributed by atoms with Crippen molar-refractivity contribution in [3.63, 3.8) is 0 Å². The van der Waals surface area contributed by atoms with E-state index in [1.807, 2.05) is 35.4 Å². The summed E-state index contributed by atoms with van der Waals surface area (Å²) in [7, 11) is 0. The van der Waals surface area contributed by atoms with Gasteiger partial charge in [-0.25, -0.2) is 0 Å². The molecule has 0 N–H and O–H groups in total. The Morgan fingerprint density at radius 1 is 1.07 bits per heavy atom. The quantitative estimate of drug-likeness (QED) is 0.787. The molecule has 4 rings (SSSR count). The number of aromatic nitrogens is 3. The van der Waals surface area contributed by atoms with Crippen molar-refractivity contribution in [3.05, 3.63) is 48.5 Å². The van der Waals surface area contributed by atoms with E-state index in [-0.39, 0.29) is 5.91 Å². The second kappa shape index (κ2) is 8.65. The highest BCUT2D eigenvalue weighted by Gasteiger charge is 2.33. The highest BCUT2D eigenvalue weighted by molar-refractivity contribution is 5.76. The fourth-order valence-electron chi connectivity index (χ4n) is 4.53. The molecule has 1 atom stereocenters. The first-order chi connectivity index (χ1) is 13.3. The van der Waals surface area contributed by atoms with Gasteiger partial charge in [-0.3, -0.25) is 19.4 Å². The van der Waals surface area contributed by atoms with Gasteiger partial charge in [0, 0.05) is 57.4 Å². The summed E-state index contributed by atoms with van der Waals surface area (Å²) in [5.74, 6) is 1.72. The van der Waals surface area contributed by atoms with Gasteiger partial charge in [-0.05, 0) is 61.9 Å². The average molecular weight is 367 g/mol. The third-order valence-corrected chi connectivity index (χ3v) is 6.12. The highest BCUT2D eigenvalue weighted by Crippen LogP contribution is 2.32. The molecule has 2 aliphatic heterocycles. The van der Waals surface area contributed by atoms with Crippen molar-refractivity contribution in [2.75, 3.05) is 26.2 Å². The number of rotatable bonds is 6. The molecule has 144 valence electrons. The second-order valence-electron chi connectivity index (χ2n) is 7.88. The van der Waals surface area contributed by atoms with Gasteiger partial charge in [0.25, 0.3) is 0 Å². The molecule has 0 spiro atoms. The molecule has 2 aliphatic rings. The zero-order chi connectivity index (χ0) is 18.5. The molecule has 0 saturated carbocycles. The van der Waals surface area contributed by atoms with Crippen LogP contribution in [-0.4, -0.2) is 56.7 Å². The number of pyridine rings is 1. The third-order valence-electron chi connectivity index (χ3n) is 6.12. The number of nitrogens with zero attached hydrogens (tertiary/aromatic N) is 5. The lowest BCUT2D eigenvalue weighted by Gasteiger charge is -2.34. The SMILES string of the molecule is O=C(CCn1cccn1)N1CCC(C2CCN(Cc3cccnc3)CC2)C1. The lowest BCUT2D eigenvalue weighted by Crippen LogP contribution is -2.37. The summed E-state index contributed by atoms with van der Waals surface area (Å²) in [5.41, 5.74) is 1.30. The molecule has 2 saturated heterocycles. The smallest absolute Gasteiger partial charge is 0.224 e. The minimum Gasteiger partial charge on any atom is -0.342 e. The van der Waals surface area contributed by atoms with Gasteiger partial charge in [-0.2, -0.15) is 5.10 Å².